The lowest BCUT2D eigenvalue weighted by Gasteiger charge is -2.05. The van der Waals surface area contributed by atoms with Crippen LogP contribution in [0.15, 0.2) is 34.7 Å². The van der Waals surface area contributed by atoms with E-state index in [1.54, 1.807) is 0 Å². The van der Waals surface area contributed by atoms with Crippen molar-refractivity contribution in [1.29, 1.82) is 0 Å². The van der Waals surface area contributed by atoms with Gasteiger partial charge in [-0.2, -0.15) is 0 Å². The predicted octanol–water partition coefficient (Wildman–Crippen LogP) is 3.22. The molecule has 1 aliphatic carbocycles. The van der Waals surface area contributed by atoms with Gasteiger partial charge in [0.2, 0.25) is 5.89 Å². The minimum absolute atomic E-state index is 0.780. The van der Waals surface area contributed by atoms with E-state index < -0.39 is 0 Å². The molecular formula is C13H13NO. The lowest BCUT2D eigenvalue weighted by atomic mass is 10.0. The largest absolute Gasteiger partial charge is 0.441 e. The zero-order valence-electron chi connectivity index (χ0n) is 8.57. The molecule has 76 valence electrons. The van der Waals surface area contributed by atoms with E-state index in [-0.39, 0.29) is 0 Å². The molecule has 0 spiro atoms. The number of hydrogen-bond acceptors (Lipinski definition) is 2. The third kappa shape index (κ3) is 1.56. The predicted molar refractivity (Wildman–Crippen MR) is 58.6 cm³/mol. The number of oxazole rings is 1. The topological polar surface area (TPSA) is 26.0 Å². The van der Waals surface area contributed by atoms with E-state index in [2.05, 4.69) is 4.98 Å². The first-order chi connectivity index (χ1) is 7.43. The zero-order valence-corrected chi connectivity index (χ0v) is 8.57. The Balaban J connectivity index is 2.03. The number of rotatable bonds is 1. The zero-order chi connectivity index (χ0) is 10.1. The fourth-order valence-electron chi connectivity index (χ4n) is 2.06. The smallest absolute Gasteiger partial charge is 0.226 e. The minimum Gasteiger partial charge on any atom is -0.441 e. The molecule has 2 heteroatoms. The summed E-state index contributed by atoms with van der Waals surface area (Å²) in [6, 6.07) is 10.1. The molecule has 0 radical (unpaired) electrons. The Morgan fingerprint density at radius 2 is 1.80 bits per heavy atom. The highest BCUT2D eigenvalue weighted by atomic mass is 16.4. The van der Waals surface area contributed by atoms with E-state index in [9.17, 15) is 0 Å². The standard InChI is InChI=1S/C13H13NO/c1-2-6-10(7-3-1)13-14-11-8-4-5-9-12(11)15-13/h1-3,6-7H,4-5,8-9H2. The SMILES string of the molecule is c1ccc(-c2nc3c(o2)CCCC3)cc1. The average molecular weight is 199 g/mol. The van der Waals surface area contributed by atoms with Crippen molar-refractivity contribution in [3.8, 4) is 11.5 Å². The molecule has 1 heterocycles. The van der Waals surface area contributed by atoms with Gasteiger partial charge >= 0.3 is 0 Å². The molecule has 0 bridgehead atoms. The second kappa shape index (κ2) is 3.54. The van der Waals surface area contributed by atoms with E-state index in [4.69, 9.17) is 4.42 Å². The molecule has 0 unspecified atom stereocenters. The van der Waals surface area contributed by atoms with Crippen molar-refractivity contribution in [2.75, 3.05) is 0 Å². The molecule has 2 nitrogen and oxygen atoms in total. The highest BCUT2D eigenvalue weighted by molar-refractivity contribution is 5.53. The average Bonchev–Trinajstić information content (AvgIpc) is 2.74. The fraction of sp³-hybridized carbons (Fsp3) is 0.308. The van der Waals surface area contributed by atoms with Crippen molar-refractivity contribution in [2.24, 2.45) is 0 Å². The Morgan fingerprint density at radius 3 is 2.60 bits per heavy atom. The minimum atomic E-state index is 0.780. The highest BCUT2D eigenvalue weighted by Gasteiger charge is 2.17. The van der Waals surface area contributed by atoms with Gasteiger partial charge in [0, 0.05) is 12.0 Å². The normalized spacial score (nSPS) is 14.9. The lowest BCUT2D eigenvalue weighted by Crippen LogP contribution is -1.99. The first-order valence-corrected chi connectivity index (χ1v) is 5.47. The second-order valence-electron chi connectivity index (χ2n) is 3.96. The van der Waals surface area contributed by atoms with Crippen LogP contribution in [0.2, 0.25) is 0 Å². The summed E-state index contributed by atoms with van der Waals surface area (Å²) in [5.74, 6) is 1.88. The van der Waals surface area contributed by atoms with Crippen LogP contribution in [0.25, 0.3) is 11.5 Å². The molecule has 0 saturated heterocycles. The number of hydrogen-bond donors (Lipinski definition) is 0. The van der Waals surface area contributed by atoms with Gasteiger partial charge in [-0.05, 0) is 31.4 Å². The molecule has 2 aromatic rings. The molecule has 0 N–H and O–H groups in total. The number of fused-ring (bicyclic) bond motifs is 1. The maximum atomic E-state index is 5.78. The van der Waals surface area contributed by atoms with Gasteiger partial charge in [0.05, 0.1) is 5.69 Å². The van der Waals surface area contributed by atoms with E-state index in [0.29, 0.717) is 0 Å². The van der Waals surface area contributed by atoms with Gasteiger partial charge in [-0.15, -0.1) is 0 Å². The molecule has 0 atom stereocenters. The van der Waals surface area contributed by atoms with Crippen molar-refractivity contribution in [2.45, 2.75) is 25.7 Å². The Bertz CT molecular complexity index is 435. The van der Waals surface area contributed by atoms with Gasteiger partial charge in [-0.3, -0.25) is 0 Å². The summed E-state index contributed by atoms with van der Waals surface area (Å²) in [5, 5.41) is 0. The third-order valence-electron chi connectivity index (χ3n) is 2.87. The monoisotopic (exact) mass is 199 g/mol. The Morgan fingerprint density at radius 1 is 1.00 bits per heavy atom. The summed E-state index contributed by atoms with van der Waals surface area (Å²) < 4.78 is 5.78. The summed E-state index contributed by atoms with van der Waals surface area (Å²) in [6.07, 6.45) is 4.60. The van der Waals surface area contributed by atoms with Crippen LogP contribution < -0.4 is 0 Å². The van der Waals surface area contributed by atoms with Crippen LogP contribution in [0.1, 0.15) is 24.3 Å². The molecule has 0 saturated carbocycles. The molecular weight excluding hydrogens is 186 g/mol. The quantitative estimate of drug-likeness (QED) is 0.704. The van der Waals surface area contributed by atoms with Crippen LogP contribution in [0, 0.1) is 0 Å². The maximum Gasteiger partial charge on any atom is 0.226 e. The van der Waals surface area contributed by atoms with E-state index in [0.717, 1.165) is 30.1 Å². The van der Waals surface area contributed by atoms with Gasteiger partial charge in [-0.25, -0.2) is 4.98 Å². The molecule has 1 aromatic carbocycles. The highest BCUT2D eigenvalue weighted by Crippen LogP contribution is 2.26. The van der Waals surface area contributed by atoms with Gasteiger partial charge in [-0.1, -0.05) is 18.2 Å². The first-order valence-electron chi connectivity index (χ1n) is 5.47. The van der Waals surface area contributed by atoms with Crippen LogP contribution in [0.4, 0.5) is 0 Å². The molecule has 15 heavy (non-hydrogen) atoms. The summed E-state index contributed by atoms with van der Waals surface area (Å²) in [7, 11) is 0. The van der Waals surface area contributed by atoms with Crippen LogP contribution in [0.3, 0.4) is 0 Å². The summed E-state index contributed by atoms with van der Waals surface area (Å²) >= 11 is 0. The Kier molecular flexibility index (Phi) is 2.05. The summed E-state index contributed by atoms with van der Waals surface area (Å²) in [5.41, 5.74) is 2.24. The second-order valence-corrected chi connectivity index (χ2v) is 3.96. The summed E-state index contributed by atoms with van der Waals surface area (Å²) in [4.78, 5) is 4.55. The summed E-state index contributed by atoms with van der Waals surface area (Å²) in [6.45, 7) is 0. The number of aromatic nitrogens is 1. The molecule has 0 amide bonds. The number of aryl methyl sites for hydroxylation is 2. The first kappa shape index (κ1) is 8.72. The molecule has 1 aromatic heterocycles. The van der Waals surface area contributed by atoms with Crippen molar-refractivity contribution >= 4 is 0 Å². The maximum absolute atomic E-state index is 5.78. The Hall–Kier alpha value is -1.57. The van der Waals surface area contributed by atoms with Crippen LogP contribution in [-0.2, 0) is 12.8 Å². The van der Waals surface area contributed by atoms with Gasteiger partial charge in [0.25, 0.3) is 0 Å². The number of nitrogens with zero attached hydrogens (tertiary/aromatic N) is 1. The fourth-order valence-corrected chi connectivity index (χ4v) is 2.06. The third-order valence-corrected chi connectivity index (χ3v) is 2.87. The van der Waals surface area contributed by atoms with Gasteiger partial charge in [0.15, 0.2) is 0 Å². The van der Waals surface area contributed by atoms with Crippen molar-refractivity contribution in [3.05, 3.63) is 41.8 Å². The van der Waals surface area contributed by atoms with E-state index in [1.165, 1.54) is 18.5 Å². The van der Waals surface area contributed by atoms with Crippen LogP contribution in [-0.4, -0.2) is 4.98 Å². The van der Waals surface area contributed by atoms with Gasteiger partial charge < -0.3 is 4.42 Å². The van der Waals surface area contributed by atoms with Crippen LogP contribution in [0.5, 0.6) is 0 Å². The lowest BCUT2D eigenvalue weighted by molar-refractivity contribution is 0.487. The van der Waals surface area contributed by atoms with Crippen molar-refractivity contribution in [3.63, 3.8) is 0 Å². The van der Waals surface area contributed by atoms with E-state index in [1.807, 2.05) is 30.3 Å². The van der Waals surface area contributed by atoms with Crippen molar-refractivity contribution < 1.29 is 4.42 Å². The van der Waals surface area contributed by atoms with Crippen molar-refractivity contribution in [1.82, 2.24) is 4.98 Å². The molecule has 3 rings (SSSR count). The number of benzene rings is 1. The van der Waals surface area contributed by atoms with E-state index >= 15 is 0 Å². The molecule has 0 fully saturated rings. The van der Waals surface area contributed by atoms with Crippen LogP contribution >= 0.6 is 0 Å². The molecule has 0 aliphatic heterocycles. The molecule has 1 aliphatic rings. The van der Waals surface area contributed by atoms with Gasteiger partial charge in [0.1, 0.15) is 5.76 Å². The Labute approximate surface area is 89.0 Å².